The van der Waals surface area contributed by atoms with Crippen molar-refractivity contribution in [1.29, 1.82) is 0 Å². The fourth-order valence-electron chi connectivity index (χ4n) is 1.71. The lowest BCUT2D eigenvalue weighted by atomic mass is 10.1. The maximum absolute atomic E-state index is 11.6. The van der Waals surface area contributed by atoms with E-state index in [4.69, 9.17) is 0 Å². The van der Waals surface area contributed by atoms with Crippen molar-refractivity contribution in [2.45, 2.75) is 13.0 Å². The Hall–Kier alpha value is -2.14. The molecule has 2 amide bonds. The van der Waals surface area contributed by atoms with Gasteiger partial charge in [-0.15, -0.1) is 11.3 Å². The summed E-state index contributed by atoms with van der Waals surface area (Å²) in [5.74, 6) is -1.18. The highest BCUT2D eigenvalue weighted by atomic mass is 32.1. The number of amides is 2. The maximum atomic E-state index is 11.6. The first-order chi connectivity index (χ1) is 9.75. The summed E-state index contributed by atoms with van der Waals surface area (Å²) in [5, 5.41) is 7.14. The summed E-state index contributed by atoms with van der Waals surface area (Å²) < 4.78 is 0. The van der Waals surface area contributed by atoms with Crippen LogP contribution in [-0.4, -0.2) is 18.4 Å². The van der Waals surface area contributed by atoms with Crippen LogP contribution in [0.15, 0.2) is 47.8 Å². The minimum Gasteiger partial charge on any atom is -0.348 e. The van der Waals surface area contributed by atoms with Crippen LogP contribution < -0.4 is 10.6 Å². The fourth-order valence-corrected chi connectivity index (χ4v) is 2.35. The lowest BCUT2D eigenvalue weighted by molar-refractivity contribution is -0.139. The number of rotatable bonds is 5. The summed E-state index contributed by atoms with van der Waals surface area (Å²) in [7, 11) is 0. The Labute approximate surface area is 121 Å². The molecule has 0 saturated carbocycles. The average molecular weight is 288 g/mol. The molecule has 2 aromatic rings. The van der Waals surface area contributed by atoms with Gasteiger partial charge in [0.1, 0.15) is 0 Å². The second-order valence-corrected chi connectivity index (χ2v) is 5.29. The molecule has 4 nitrogen and oxygen atoms in total. The highest BCUT2D eigenvalue weighted by Gasteiger charge is 2.12. The van der Waals surface area contributed by atoms with Crippen LogP contribution in [0.3, 0.4) is 0 Å². The largest absolute Gasteiger partial charge is 0.348 e. The second kappa shape index (κ2) is 7.45. The quantitative estimate of drug-likeness (QED) is 0.823. The fraction of sp³-hybridized carbons (Fsp3) is 0.200. The highest BCUT2D eigenvalue weighted by Crippen LogP contribution is 2.07. The van der Waals surface area contributed by atoms with Gasteiger partial charge in [-0.1, -0.05) is 36.4 Å². The summed E-state index contributed by atoms with van der Waals surface area (Å²) in [6.07, 6.45) is 0.713. The molecule has 104 valence electrons. The van der Waals surface area contributed by atoms with Crippen LogP contribution in [0.25, 0.3) is 0 Å². The van der Waals surface area contributed by atoms with Gasteiger partial charge in [-0.2, -0.15) is 0 Å². The van der Waals surface area contributed by atoms with E-state index in [0.29, 0.717) is 19.5 Å². The SMILES string of the molecule is O=C(NCCc1ccccc1)C(=O)NCc1cccs1. The first-order valence-corrected chi connectivity index (χ1v) is 7.26. The Morgan fingerprint density at radius 1 is 0.950 bits per heavy atom. The minimum absolute atomic E-state index is 0.391. The molecule has 0 aliphatic carbocycles. The molecule has 0 radical (unpaired) electrons. The molecule has 0 aliphatic rings. The highest BCUT2D eigenvalue weighted by molar-refractivity contribution is 7.09. The van der Waals surface area contributed by atoms with Gasteiger partial charge in [-0.25, -0.2) is 0 Å². The van der Waals surface area contributed by atoms with E-state index in [2.05, 4.69) is 10.6 Å². The zero-order valence-corrected chi connectivity index (χ0v) is 11.8. The van der Waals surface area contributed by atoms with Gasteiger partial charge in [0.2, 0.25) is 0 Å². The predicted molar refractivity (Wildman–Crippen MR) is 79.3 cm³/mol. The molecule has 1 aromatic heterocycles. The third-order valence-electron chi connectivity index (χ3n) is 2.75. The van der Waals surface area contributed by atoms with Crippen LogP contribution >= 0.6 is 11.3 Å². The number of carbonyl (C=O) groups is 2. The number of benzene rings is 1. The van der Waals surface area contributed by atoms with Crippen LogP contribution in [0.2, 0.25) is 0 Å². The standard InChI is InChI=1S/C15H16N2O2S/c18-14(15(19)17-11-13-7-4-10-20-13)16-9-8-12-5-2-1-3-6-12/h1-7,10H,8-9,11H2,(H,16,18)(H,17,19). The third kappa shape index (κ3) is 4.51. The topological polar surface area (TPSA) is 58.2 Å². The van der Waals surface area contributed by atoms with Crippen LogP contribution in [0, 0.1) is 0 Å². The van der Waals surface area contributed by atoms with Crippen molar-refractivity contribution in [2.75, 3.05) is 6.54 Å². The molecule has 1 aromatic carbocycles. The number of hydrogen-bond acceptors (Lipinski definition) is 3. The molecular formula is C15H16N2O2S. The van der Waals surface area contributed by atoms with Gasteiger partial charge in [0.25, 0.3) is 0 Å². The van der Waals surface area contributed by atoms with E-state index >= 15 is 0 Å². The lowest BCUT2D eigenvalue weighted by Gasteiger charge is -2.05. The first-order valence-electron chi connectivity index (χ1n) is 6.38. The van der Waals surface area contributed by atoms with Crippen LogP contribution in [0.5, 0.6) is 0 Å². The number of hydrogen-bond donors (Lipinski definition) is 2. The Balaban J connectivity index is 1.67. The summed E-state index contributed by atoms with van der Waals surface area (Å²) in [6.45, 7) is 0.845. The Bertz CT molecular complexity index is 553. The van der Waals surface area contributed by atoms with Gasteiger partial charge < -0.3 is 10.6 Å². The van der Waals surface area contributed by atoms with Crippen molar-refractivity contribution in [1.82, 2.24) is 10.6 Å². The monoisotopic (exact) mass is 288 g/mol. The van der Waals surface area contributed by atoms with E-state index in [1.165, 1.54) is 0 Å². The molecule has 0 atom stereocenters. The van der Waals surface area contributed by atoms with Crippen molar-refractivity contribution < 1.29 is 9.59 Å². The molecule has 2 rings (SSSR count). The van der Waals surface area contributed by atoms with Gasteiger partial charge in [0, 0.05) is 11.4 Å². The molecule has 5 heteroatoms. The van der Waals surface area contributed by atoms with Gasteiger partial charge in [0.05, 0.1) is 6.54 Å². The van der Waals surface area contributed by atoms with Crippen LogP contribution in [0.4, 0.5) is 0 Å². The molecule has 0 fully saturated rings. The minimum atomic E-state index is -0.591. The number of carbonyl (C=O) groups excluding carboxylic acids is 2. The van der Waals surface area contributed by atoms with E-state index < -0.39 is 11.8 Å². The molecule has 0 spiro atoms. The predicted octanol–water partition coefficient (Wildman–Crippen LogP) is 1.72. The smallest absolute Gasteiger partial charge is 0.309 e. The van der Waals surface area contributed by atoms with Crippen molar-refractivity contribution >= 4 is 23.2 Å². The number of thiophene rings is 1. The summed E-state index contributed by atoms with van der Waals surface area (Å²) in [4.78, 5) is 24.2. The number of nitrogens with one attached hydrogen (secondary N) is 2. The van der Waals surface area contributed by atoms with Crippen molar-refractivity contribution in [3.05, 3.63) is 58.3 Å². The van der Waals surface area contributed by atoms with Gasteiger partial charge in [0.15, 0.2) is 0 Å². The molecular weight excluding hydrogens is 272 g/mol. The normalized spacial score (nSPS) is 10.0. The molecule has 0 unspecified atom stereocenters. The van der Waals surface area contributed by atoms with Crippen molar-refractivity contribution in [3.8, 4) is 0 Å². The average Bonchev–Trinajstić information content (AvgIpc) is 2.99. The van der Waals surface area contributed by atoms with E-state index in [1.54, 1.807) is 11.3 Å². The Morgan fingerprint density at radius 2 is 1.70 bits per heavy atom. The third-order valence-corrected chi connectivity index (χ3v) is 3.63. The molecule has 20 heavy (non-hydrogen) atoms. The Morgan fingerprint density at radius 3 is 2.40 bits per heavy atom. The van der Waals surface area contributed by atoms with E-state index in [1.807, 2.05) is 47.8 Å². The zero-order chi connectivity index (χ0) is 14.2. The molecule has 1 heterocycles. The van der Waals surface area contributed by atoms with E-state index in [0.717, 1.165) is 10.4 Å². The van der Waals surface area contributed by atoms with Crippen molar-refractivity contribution in [3.63, 3.8) is 0 Å². The van der Waals surface area contributed by atoms with Crippen molar-refractivity contribution in [2.24, 2.45) is 0 Å². The van der Waals surface area contributed by atoms with E-state index in [-0.39, 0.29) is 0 Å². The lowest BCUT2D eigenvalue weighted by Crippen LogP contribution is -2.40. The summed E-state index contributed by atoms with van der Waals surface area (Å²) >= 11 is 1.55. The van der Waals surface area contributed by atoms with Gasteiger partial charge in [-0.3, -0.25) is 9.59 Å². The zero-order valence-electron chi connectivity index (χ0n) is 11.0. The van der Waals surface area contributed by atoms with Crippen LogP contribution in [-0.2, 0) is 22.6 Å². The first kappa shape index (κ1) is 14.3. The second-order valence-electron chi connectivity index (χ2n) is 4.25. The molecule has 2 N–H and O–H groups in total. The van der Waals surface area contributed by atoms with Crippen LogP contribution in [0.1, 0.15) is 10.4 Å². The van der Waals surface area contributed by atoms with Gasteiger partial charge >= 0.3 is 11.8 Å². The van der Waals surface area contributed by atoms with E-state index in [9.17, 15) is 9.59 Å². The van der Waals surface area contributed by atoms with Gasteiger partial charge in [-0.05, 0) is 23.4 Å². The Kier molecular flexibility index (Phi) is 5.32. The maximum Gasteiger partial charge on any atom is 0.309 e. The molecule has 0 aliphatic heterocycles. The molecule has 0 bridgehead atoms. The molecule has 0 saturated heterocycles. The summed E-state index contributed by atoms with van der Waals surface area (Å²) in [6, 6.07) is 13.6. The summed E-state index contributed by atoms with van der Waals surface area (Å²) in [5.41, 5.74) is 1.13.